The van der Waals surface area contributed by atoms with Crippen LogP contribution in [-0.4, -0.2) is 41.8 Å². The van der Waals surface area contributed by atoms with Crippen LogP contribution in [0.25, 0.3) is 10.9 Å². The zero-order valence-corrected chi connectivity index (χ0v) is 18.8. The number of methoxy groups -OCH3 is 1. The molecule has 1 aromatic heterocycles. The third-order valence-electron chi connectivity index (χ3n) is 6.82. The van der Waals surface area contributed by atoms with Crippen LogP contribution in [-0.2, 0) is 9.53 Å². The Bertz CT molecular complexity index is 1120. The van der Waals surface area contributed by atoms with E-state index in [-0.39, 0.29) is 17.8 Å². The molecule has 31 heavy (non-hydrogen) atoms. The monoisotopic (exact) mass is 432 g/mol. The van der Waals surface area contributed by atoms with Gasteiger partial charge in [-0.25, -0.2) is 0 Å². The van der Waals surface area contributed by atoms with Crippen molar-refractivity contribution in [2.75, 3.05) is 26.0 Å². The predicted octanol–water partition coefficient (Wildman–Crippen LogP) is 5.54. The van der Waals surface area contributed by atoms with Crippen LogP contribution in [0.2, 0.25) is 0 Å². The molecule has 2 heterocycles. The Morgan fingerprint density at radius 1 is 1.19 bits per heavy atom. The molecule has 0 saturated carbocycles. The Balaban J connectivity index is 1.51. The number of benzene rings is 2. The molecule has 1 fully saturated rings. The zero-order valence-electron chi connectivity index (χ0n) is 18.0. The highest BCUT2D eigenvalue weighted by atomic mass is 32.2. The zero-order chi connectivity index (χ0) is 21.4. The molecule has 3 aromatic rings. The summed E-state index contributed by atoms with van der Waals surface area (Å²) in [5.41, 5.74) is 4.80. The summed E-state index contributed by atoms with van der Waals surface area (Å²) in [5.74, 6) is 0.881. The van der Waals surface area contributed by atoms with E-state index in [0.29, 0.717) is 6.04 Å². The number of aromatic nitrogens is 1. The number of rotatable bonds is 5. The molecule has 5 rings (SSSR count). The number of fused-ring (bicyclic) bond motifs is 6. The quantitative estimate of drug-likeness (QED) is 0.327. The fourth-order valence-corrected chi connectivity index (χ4v) is 6.29. The molecule has 1 aliphatic heterocycles. The Hall–Kier alpha value is -2.50. The first-order valence-corrected chi connectivity index (χ1v) is 11.9. The predicted molar refractivity (Wildman–Crippen MR) is 126 cm³/mol. The van der Waals surface area contributed by atoms with E-state index in [9.17, 15) is 4.79 Å². The molecule has 5 heteroatoms. The summed E-state index contributed by atoms with van der Waals surface area (Å²) in [6.45, 7) is 4.01. The Kier molecular flexibility index (Phi) is 5.63. The number of likely N-dealkylation sites (tertiary alicyclic amines) is 1. The SMILES string of the molecule is C/C=C1/CN(CCSc2ccccc2)[C@@H]2C[C@H]1[C@@H](C(=O)OC)c1c2[nH]c2ccccc12. The van der Waals surface area contributed by atoms with Crippen molar-refractivity contribution in [3.05, 3.63) is 77.5 Å². The first-order chi connectivity index (χ1) is 15.2. The molecule has 160 valence electrons. The summed E-state index contributed by atoms with van der Waals surface area (Å²) in [6, 6.07) is 19.2. The summed E-state index contributed by atoms with van der Waals surface area (Å²) in [5, 5.41) is 1.15. The van der Waals surface area contributed by atoms with Crippen LogP contribution in [0.1, 0.15) is 36.6 Å². The summed E-state index contributed by atoms with van der Waals surface area (Å²) in [6.07, 6.45) is 3.17. The van der Waals surface area contributed by atoms with Crippen molar-refractivity contribution in [3.63, 3.8) is 0 Å². The maximum Gasteiger partial charge on any atom is 0.313 e. The van der Waals surface area contributed by atoms with E-state index in [1.165, 1.54) is 23.3 Å². The number of esters is 1. The van der Waals surface area contributed by atoms with Gasteiger partial charge >= 0.3 is 5.97 Å². The van der Waals surface area contributed by atoms with Gasteiger partial charge in [0, 0.05) is 46.3 Å². The van der Waals surface area contributed by atoms with Crippen LogP contribution in [0.3, 0.4) is 0 Å². The Morgan fingerprint density at radius 2 is 1.97 bits per heavy atom. The molecule has 0 spiro atoms. The third-order valence-corrected chi connectivity index (χ3v) is 7.81. The van der Waals surface area contributed by atoms with Crippen LogP contribution in [0, 0.1) is 5.92 Å². The van der Waals surface area contributed by atoms with Gasteiger partial charge in [0.05, 0.1) is 19.1 Å². The van der Waals surface area contributed by atoms with Crippen molar-refractivity contribution in [1.82, 2.24) is 9.88 Å². The number of allylic oxidation sites excluding steroid dienone is 1. The maximum atomic E-state index is 13.0. The topological polar surface area (TPSA) is 45.3 Å². The number of hydrogen-bond donors (Lipinski definition) is 1. The first kappa shape index (κ1) is 20.4. The van der Waals surface area contributed by atoms with Gasteiger partial charge in [-0.2, -0.15) is 0 Å². The highest BCUT2D eigenvalue weighted by Crippen LogP contribution is 2.52. The maximum absolute atomic E-state index is 13.0. The van der Waals surface area contributed by atoms with E-state index in [2.05, 4.69) is 77.5 Å². The standard InChI is InChI=1S/C26H28N2O2S/c1-3-17-16-28(13-14-31-18-9-5-4-6-10-18)22-15-20(17)24(26(29)30-2)23-19-11-7-8-12-21(19)27-25(22)23/h3-12,20,22,24,27H,13-16H2,1-2H3/b17-3-/t20-,22-,24-/m1/s1. The van der Waals surface area contributed by atoms with Crippen molar-refractivity contribution in [1.29, 1.82) is 0 Å². The van der Waals surface area contributed by atoms with E-state index < -0.39 is 0 Å². The first-order valence-electron chi connectivity index (χ1n) is 11.0. The third kappa shape index (κ3) is 3.60. The highest BCUT2D eigenvalue weighted by molar-refractivity contribution is 7.99. The fraction of sp³-hybridized carbons (Fsp3) is 0.346. The second-order valence-corrected chi connectivity index (χ2v) is 9.52. The number of para-hydroxylation sites is 1. The number of ether oxygens (including phenoxy) is 1. The number of piperidine rings is 1. The van der Waals surface area contributed by atoms with Crippen molar-refractivity contribution >= 4 is 28.6 Å². The minimum Gasteiger partial charge on any atom is -0.469 e. The number of thioether (sulfide) groups is 1. The lowest BCUT2D eigenvalue weighted by Gasteiger charge is -2.47. The number of carbonyl (C=O) groups is 1. The number of aromatic amines is 1. The highest BCUT2D eigenvalue weighted by Gasteiger charge is 2.47. The van der Waals surface area contributed by atoms with Crippen molar-refractivity contribution in [2.45, 2.75) is 30.2 Å². The second kappa shape index (κ2) is 8.56. The average molecular weight is 433 g/mol. The molecule has 1 aliphatic carbocycles. The van der Waals surface area contributed by atoms with Gasteiger partial charge in [0.1, 0.15) is 0 Å². The number of nitrogens with one attached hydrogen (secondary N) is 1. The molecule has 3 atom stereocenters. The molecule has 1 N–H and O–H groups in total. The van der Waals surface area contributed by atoms with Crippen molar-refractivity contribution in [3.8, 4) is 0 Å². The number of hydrogen-bond acceptors (Lipinski definition) is 4. The molecule has 0 unspecified atom stereocenters. The number of nitrogens with zero attached hydrogens (tertiary/aromatic N) is 1. The van der Waals surface area contributed by atoms with E-state index in [1.807, 2.05) is 11.8 Å². The lowest BCUT2D eigenvalue weighted by molar-refractivity contribution is -0.144. The van der Waals surface area contributed by atoms with Gasteiger partial charge in [0.2, 0.25) is 0 Å². The van der Waals surface area contributed by atoms with E-state index in [4.69, 9.17) is 4.74 Å². The normalized spacial score (nSPS) is 24.3. The van der Waals surface area contributed by atoms with Gasteiger partial charge in [-0.1, -0.05) is 48.0 Å². The lowest BCUT2D eigenvalue weighted by Crippen LogP contribution is -2.46. The molecule has 2 aliphatic rings. The van der Waals surface area contributed by atoms with Crippen LogP contribution in [0.4, 0.5) is 0 Å². The van der Waals surface area contributed by atoms with Crippen molar-refractivity contribution in [2.24, 2.45) is 5.92 Å². The second-order valence-electron chi connectivity index (χ2n) is 8.35. The summed E-state index contributed by atoms with van der Waals surface area (Å²) >= 11 is 1.90. The average Bonchev–Trinajstić information content (AvgIpc) is 3.20. The molecule has 2 bridgehead atoms. The van der Waals surface area contributed by atoms with Gasteiger partial charge in [-0.15, -0.1) is 11.8 Å². The smallest absolute Gasteiger partial charge is 0.313 e. The van der Waals surface area contributed by atoms with Crippen LogP contribution >= 0.6 is 11.8 Å². The minimum absolute atomic E-state index is 0.123. The van der Waals surface area contributed by atoms with Crippen LogP contribution in [0.15, 0.2) is 71.1 Å². The lowest BCUT2D eigenvalue weighted by atomic mass is 9.68. The van der Waals surface area contributed by atoms with E-state index in [1.54, 1.807) is 0 Å². The van der Waals surface area contributed by atoms with Gasteiger partial charge in [-0.05, 0) is 37.1 Å². The molecular weight excluding hydrogens is 404 g/mol. The van der Waals surface area contributed by atoms with Gasteiger partial charge in [-0.3, -0.25) is 9.69 Å². The van der Waals surface area contributed by atoms with Crippen LogP contribution in [0.5, 0.6) is 0 Å². The number of carbonyl (C=O) groups excluding carboxylic acids is 1. The summed E-state index contributed by atoms with van der Waals surface area (Å²) < 4.78 is 5.29. The largest absolute Gasteiger partial charge is 0.469 e. The van der Waals surface area contributed by atoms with Gasteiger partial charge < -0.3 is 9.72 Å². The Morgan fingerprint density at radius 3 is 2.74 bits per heavy atom. The molecule has 4 nitrogen and oxygen atoms in total. The minimum atomic E-state index is -0.237. The molecule has 0 amide bonds. The molecular formula is C26H28N2O2S. The molecule has 2 aromatic carbocycles. The van der Waals surface area contributed by atoms with Gasteiger partial charge in [0.15, 0.2) is 0 Å². The molecule has 0 radical (unpaired) electrons. The molecule has 1 saturated heterocycles. The van der Waals surface area contributed by atoms with E-state index in [0.717, 1.165) is 41.7 Å². The van der Waals surface area contributed by atoms with Gasteiger partial charge in [0.25, 0.3) is 0 Å². The Labute approximate surface area is 187 Å². The fourth-order valence-electron chi connectivity index (χ4n) is 5.38. The van der Waals surface area contributed by atoms with E-state index >= 15 is 0 Å². The van der Waals surface area contributed by atoms with Crippen molar-refractivity contribution < 1.29 is 9.53 Å². The van der Waals surface area contributed by atoms with Crippen LogP contribution < -0.4 is 0 Å². The summed E-state index contributed by atoms with van der Waals surface area (Å²) in [7, 11) is 1.51. The number of H-pyrrole nitrogens is 1. The summed E-state index contributed by atoms with van der Waals surface area (Å²) in [4.78, 5) is 20.5.